The predicted molar refractivity (Wildman–Crippen MR) is 41.4 cm³/mol. The van der Waals surface area contributed by atoms with Gasteiger partial charge < -0.3 is 4.74 Å². The molecule has 0 aromatic rings. The fourth-order valence-corrected chi connectivity index (χ4v) is 1.52. The normalized spacial score (nSPS) is 24.2. The van der Waals surface area contributed by atoms with Crippen LogP contribution in [0.15, 0.2) is 4.99 Å². The third kappa shape index (κ3) is 1.50. The number of aliphatic imine (C=N–C) groups is 1. The Morgan fingerprint density at radius 2 is 2.60 bits per heavy atom. The quantitative estimate of drug-likeness (QED) is 0.528. The molecule has 0 fully saturated rings. The molecule has 1 aliphatic heterocycles. The molecule has 4 heteroatoms. The standard InChI is InChI=1S/C6H9NO2S/c1-4-7-5(3-10-4)6(8)9-2/h4H,3H2,1-2H3. The zero-order valence-corrected chi connectivity index (χ0v) is 6.77. The lowest BCUT2D eigenvalue weighted by molar-refractivity contribution is -0.132. The predicted octanol–water partition coefficient (Wildman–Crippen LogP) is 0.693. The molecule has 0 amide bonds. The average molecular weight is 159 g/mol. The highest BCUT2D eigenvalue weighted by molar-refractivity contribution is 8.01. The number of carbonyl (C=O) groups excluding carboxylic acids is 1. The van der Waals surface area contributed by atoms with Crippen molar-refractivity contribution < 1.29 is 9.53 Å². The molecule has 1 atom stereocenters. The van der Waals surface area contributed by atoms with Crippen LogP contribution >= 0.6 is 11.8 Å². The number of methoxy groups -OCH3 is 1. The topological polar surface area (TPSA) is 38.7 Å². The molecule has 1 rings (SSSR count). The molecule has 1 aliphatic rings. The summed E-state index contributed by atoms with van der Waals surface area (Å²) in [5, 5.41) is 0.217. The van der Waals surface area contributed by atoms with E-state index in [4.69, 9.17) is 0 Å². The van der Waals surface area contributed by atoms with E-state index in [9.17, 15) is 4.79 Å². The van der Waals surface area contributed by atoms with E-state index in [0.717, 1.165) is 0 Å². The van der Waals surface area contributed by atoms with Crippen molar-refractivity contribution in [3.8, 4) is 0 Å². The molecule has 0 bridgehead atoms. The Hall–Kier alpha value is -0.510. The molecule has 56 valence electrons. The maximum absolute atomic E-state index is 10.8. The van der Waals surface area contributed by atoms with E-state index in [1.54, 1.807) is 11.8 Å². The Morgan fingerprint density at radius 1 is 1.90 bits per heavy atom. The summed E-state index contributed by atoms with van der Waals surface area (Å²) in [5.74, 6) is 0.394. The largest absolute Gasteiger partial charge is 0.465 e. The highest BCUT2D eigenvalue weighted by Gasteiger charge is 2.19. The highest BCUT2D eigenvalue weighted by Crippen LogP contribution is 2.19. The second-order valence-electron chi connectivity index (χ2n) is 1.98. The summed E-state index contributed by atoms with van der Waals surface area (Å²) in [5.41, 5.74) is 0.556. The summed E-state index contributed by atoms with van der Waals surface area (Å²) in [6, 6.07) is 0. The first-order valence-electron chi connectivity index (χ1n) is 3.00. The smallest absolute Gasteiger partial charge is 0.352 e. The minimum absolute atomic E-state index is 0.217. The van der Waals surface area contributed by atoms with E-state index >= 15 is 0 Å². The third-order valence-corrected chi connectivity index (χ3v) is 2.25. The first-order valence-corrected chi connectivity index (χ1v) is 4.05. The van der Waals surface area contributed by atoms with Crippen molar-refractivity contribution >= 4 is 23.4 Å². The summed E-state index contributed by atoms with van der Waals surface area (Å²) < 4.78 is 4.50. The number of ether oxygens (including phenoxy) is 1. The molecule has 0 radical (unpaired) electrons. The third-order valence-electron chi connectivity index (χ3n) is 1.22. The Bertz CT molecular complexity index is 179. The van der Waals surface area contributed by atoms with Crippen LogP contribution in [0.4, 0.5) is 0 Å². The Kier molecular flexibility index (Phi) is 2.32. The van der Waals surface area contributed by atoms with Gasteiger partial charge in [-0.1, -0.05) is 0 Å². The van der Waals surface area contributed by atoms with Crippen LogP contribution in [0.2, 0.25) is 0 Å². The number of esters is 1. The molecule has 0 aromatic heterocycles. The molecule has 0 spiro atoms. The Balaban J connectivity index is 2.57. The van der Waals surface area contributed by atoms with Crippen LogP contribution in [0.5, 0.6) is 0 Å². The van der Waals surface area contributed by atoms with Crippen LogP contribution in [0, 0.1) is 0 Å². The second kappa shape index (κ2) is 3.05. The van der Waals surface area contributed by atoms with E-state index < -0.39 is 0 Å². The summed E-state index contributed by atoms with van der Waals surface area (Å²) in [6.07, 6.45) is 0. The number of rotatable bonds is 1. The second-order valence-corrected chi connectivity index (χ2v) is 3.28. The molecule has 10 heavy (non-hydrogen) atoms. The molecular formula is C6H9NO2S. The summed E-state index contributed by atoms with van der Waals surface area (Å²) in [7, 11) is 1.37. The van der Waals surface area contributed by atoms with Gasteiger partial charge >= 0.3 is 5.97 Å². The van der Waals surface area contributed by atoms with Crippen LogP contribution in [-0.4, -0.2) is 29.9 Å². The average Bonchev–Trinajstić information content (AvgIpc) is 2.34. The van der Waals surface area contributed by atoms with Crippen LogP contribution < -0.4 is 0 Å². The van der Waals surface area contributed by atoms with Crippen molar-refractivity contribution in [3.05, 3.63) is 0 Å². The lowest BCUT2D eigenvalue weighted by Gasteiger charge is -1.93. The van der Waals surface area contributed by atoms with Crippen molar-refractivity contribution in [3.63, 3.8) is 0 Å². The molecule has 0 saturated heterocycles. The molecule has 1 heterocycles. The first-order chi connectivity index (χ1) is 4.74. The van der Waals surface area contributed by atoms with Crippen molar-refractivity contribution in [2.75, 3.05) is 12.9 Å². The highest BCUT2D eigenvalue weighted by atomic mass is 32.2. The number of carbonyl (C=O) groups is 1. The van der Waals surface area contributed by atoms with Gasteiger partial charge in [0.25, 0.3) is 0 Å². The van der Waals surface area contributed by atoms with E-state index in [0.29, 0.717) is 11.5 Å². The fourth-order valence-electron chi connectivity index (χ4n) is 0.723. The van der Waals surface area contributed by atoms with Gasteiger partial charge in [-0.25, -0.2) is 4.79 Å². The van der Waals surface area contributed by atoms with Gasteiger partial charge in [-0.15, -0.1) is 11.8 Å². The van der Waals surface area contributed by atoms with E-state index in [1.165, 1.54) is 7.11 Å². The maximum Gasteiger partial charge on any atom is 0.352 e. The lowest BCUT2D eigenvalue weighted by atomic mass is 10.4. The van der Waals surface area contributed by atoms with Crippen LogP contribution in [0.3, 0.4) is 0 Å². The van der Waals surface area contributed by atoms with Crippen molar-refractivity contribution in [1.82, 2.24) is 0 Å². The molecule has 1 unspecified atom stereocenters. The van der Waals surface area contributed by atoms with E-state index in [2.05, 4.69) is 9.73 Å². The Morgan fingerprint density at radius 3 is 3.00 bits per heavy atom. The number of thioether (sulfide) groups is 1. The number of hydrogen-bond donors (Lipinski definition) is 0. The van der Waals surface area contributed by atoms with Crippen LogP contribution in [0.25, 0.3) is 0 Å². The molecule has 0 saturated carbocycles. The number of hydrogen-bond acceptors (Lipinski definition) is 4. The van der Waals surface area contributed by atoms with Gasteiger partial charge in [0.05, 0.1) is 12.5 Å². The summed E-state index contributed by atoms with van der Waals surface area (Å²) in [6.45, 7) is 1.96. The van der Waals surface area contributed by atoms with E-state index in [1.807, 2.05) is 6.92 Å². The molecule has 0 N–H and O–H groups in total. The molecule has 0 aliphatic carbocycles. The van der Waals surface area contributed by atoms with Gasteiger partial charge in [-0.05, 0) is 6.92 Å². The minimum atomic E-state index is -0.295. The summed E-state index contributed by atoms with van der Waals surface area (Å²) in [4.78, 5) is 14.9. The van der Waals surface area contributed by atoms with Crippen LogP contribution in [-0.2, 0) is 9.53 Å². The minimum Gasteiger partial charge on any atom is -0.465 e. The fraction of sp³-hybridized carbons (Fsp3) is 0.667. The molecular weight excluding hydrogens is 150 g/mol. The molecule has 3 nitrogen and oxygen atoms in total. The monoisotopic (exact) mass is 159 g/mol. The van der Waals surface area contributed by atoms with Crippen LogP contribution in [0.1, 0.15) is 6.92 Å². The van der Waals surface area contributed by atoms with Gasteiger partial charge in [-0.3, -0.25) is 4.99 Å². The van der Waals surface area contributed by atoms with Gasteiger partial charge in [-0.2, -0.15) is 0 Å². The van der Waals surface area contributed by atoms with Crippen molar-refractivity contribution in [1.29, 1.82) is 0 Å². The SMILES string of the molecule is COC(=O)C1=NC(C)SC1. The van der Waals surface area contributed by atoms with E-state index in [-0.39, 0.29) is 11.3 Å². The maximum atomic E-state index is 10.8. The zero-order valence-electron chi connectivity index (χ0n) is 5.96. The Labute approximate surface area is 63.9 Å². The zero-order chi connectivity index (χ0) is 7.56. The van der Waals surface area contributed by atoms with Gasteiger partial charge in [0.2, 0.25) is 0 Å². The van der Waals surface area contributed by atoms with Gasteiger partial charge in [0, 0.05) is 5.75 Å². The summed E-state index contributed by atoms with van der Waals surface area (Å²) >= 11 is 1.64. The number of nitrogens with zero attached hydrogens (tertiary/aromatic N) is 1. The lowest BCUT2D eigenvalue weighted by Crippen LogP contribution is -2.15. The van der Waals surface area contributed by atoms with Gasteiger partial charge in [0.1, 0.15) is 5.71 Å². The van der Waals surface area contributed by atoms with Crippen molar-refractivity contribution in [2.24, 2.45) is 4.99 Å². The van der Waals surface area contributed by atoms with Crippen molar-refractivity contribution in [2.45, 2.75) is 12.3 Å². The van der Waals surface area contributed by atoms with Gasteiger partial charge in [0.15, 0.2) is 0 Å². The first kappa shape index (κ1) is 7.60. The molecule has 0 aromatic carbocycles.